The number of rotatable bonds is 5. The lowest BCUT2D eigenvalue weighted by atomic mass is 10.3. The van der Waals surface area contributed by atoms with E-state index in [0.717, 1.165) is 0 Å². The molecule has 0 aliphatic carbocycles. The Morgan fingerprint density at radius 2 is 1.86 bits per heavy atom. The van der Waals surface area contributed by atoms with Crippen LogP contribution in [0.3, 0.4) is 0 Å². The molecule has 6 nitrogen and oxygen atoms in total. The number of carbonyl (C=O) groups excluding carboxylic acids is 2. The van der Waals surface area contributed by atoms with E-state index in [0.29, 0.717) is 19.5 Å². The first-order chi connectivity index (χ1) is 6.47. The van der Waals surface area contributed by atoms with E-state index in [1.165, 1.54) is 4.90 Å². The van der Waals surface area contributed by atoms with Crippen LogP contribution in [-0.2, 0) is 9.59 Å². The molecule has 0 aromatic rings. The van der Waals surface area contributed by atoms with Gasteiger partial charge in [0.05, 0.1) is 6.54 Å². The van der Waals surface area contributed by atoms with Gasteiger partial charge in [0, 0.05) is 27.1 Å². The van der Waals surface area contributed by atoms with Crippen LogP contribution in [-0.4, -0.2) is 55.8 Å². The number of nitrogens with zero attached hydrogens (tertiary/aromatic N) is 2. The predicted octanol–water partition coefficient (Wildman–Crippen LogP) is -1.61. The zero-order chi connectivity index (χ0) is 11.1. The number of amides is 2. The van der Waals surface area contributed by atoms with Gasteiger partial charge >= 0.3 is 0 Å². The second kappa shape index (κ2) is 6.33. The molecule has 0 fully saturated rings. The largest absolute Gasteiger partial charge is 0.348 e. The Labute approximate surface area is 84.0 Å². The molecule has 0 aromatic carbocycles. The van der Waals surface area contributed by atoms with Crippen molar-refractivity contribution in [2.24, 2.45) is 5.84 Å². The molecule has 14 heavy (non-hydrogen) atoms. The van der Waals surface area contributed by atoms with Gasteiger partial charge in [-0.15, -0.1) is 0 Å². The van der Waals surface area contributed by atoms with Gasteiger partial charge in [0.1, 0.15) is 0 Å². The first-order valence-electron chi connectivity index (χ1n) is 4.35. The minimum atomic E-state index is -0.228. The van der Waals surface area contributed by atoms with E-state index in [-0.39, 0.29) is 11.8 Å². The molecule has 0 aliphatic heterocycles. The summed E-state index contributed by atoms with van der Waals surface area (Å²) in [6.45, 7) is 0.827. The van der Waals surface area contributed by atoms with Crippen LogP contribution in [0, 0.1) is 0 Å². The van der Waals surface area contributed by atoms with E-state index in [1.807, 2.05) is 5.43 Å². The molecule has 0 bridgehead atoms. The summed E-state index contributed by atoms with van der Waals surface area (Å²) in [7, 11) is 5.18. The number of carbonyl (C=O) groups is 2. The number of nitrogens with two attached hydrogens (primary N) is 1. The third kappa shape index (κ3) is 5.50. The molecule has 3 N–H and O–H groups in total. The number of likely N-dealkylation sites (N-methyl/N-ethyl adjacent to an activating group) is 2. The Balaban J connectivity index is 3.70. The summed E-state index contributed by atoms with van der Waals surface area (Å²) in [5.74, 6) is 4.70. The molecule has 6 heteroatoms. The number of nitrogens with one attached hydrogen (secondary N) is 1. The molecule has 0 saturated carbocycles. The standard InChI is InChI=1S/C8H18N4O2/c1-11(2)8(14)6-12(3)5-4-7(13)10-9/h4-6,9H2,1-3H3,(H,10,13). The van der Waals surface area contributed by atoms with Crippen molar-refractivity contribution >= 4 is 11.8 Å². The smallest absolute Gasteiger partial charge is 0.236 e. The lowest BCUT2D eigenvalue weighted by molar-refractivity contribution is -0.130. The van der Waals surface area contributed by atoms with Crippen molar-refractivity contribution in [2.45, 2.75) is 6.42 Å². The minimum absolute atomic E-state index is 0.0145. The molecular weight excluding hydrogens is 184 g/mol. The first kappa shape index (κ1) is 12.9. The second-order valence-electron chi connectivity index (χ2n) is 3.34. The van der Waals surface area contributed by atoms with E-state index in [4.69, 9.17) is 5.84 Å². The molecule has 0 heterocycles. The zero-order valence-corrected chi connectivity index (χ0v) is 8.91. The molecule has 0 saturated heterocycles. The van der Waals surface area contributed by atoms with Crippen LogP contribution in [0.5, 0.6) is 0 Å². The van der Waals surface area contributed by atoms with E-state index in [9.17, 15) is 9.59 Å². The fourth-order valence-electron chi connectivity index (χ4n) is 0.816. The van der Waals surface area contributed by atoms with Crippen molar-refractivity contribution in [1.82, 2.24) is 15.2 Å². The van der Waals surface area contributed by atoms with Crippen molar-refractivity contribution in [3.05, 3.63) is 0 Å². The van der Waals surface area contributed by atoms with Crippen molar-refractivity contribution in [3.8, 4) is 0 Å². The second-order valence-corrected chi connectivity index (χ2v) is 3.34. The maximum absolute atomic E-state index is 11.2. The average Bonchev–Trinajstić information content (AvgIpc) is 2.13. The van der Waals surface area contributed by atoms with Crippen LogP contribution in [0.15, 0.2) is 0 Å². The SMILES string of the molecule is CN(CCC(=O)NN)CC(=O)N(C)C. The summed E-state index contributed by atoms with van der Waals surface area (Å²) >= 11 is 0. The Kier molecular flexibility index (Phi) is 5.82. The van der Waals surface area contributed by atoms with E-state index in [2.05, 4.69) is 0 Å². The van der Waals surface area contributed by atoms with Gasteiger partial charge in [-0.2, -0.15) is 0 Å². The maximum Gasteiger partial charge on any atom is 0.236 e. The third-order valence-electron chi connectivity index (χ3n) is 1.79. The van der Waals surface area contributed by atoms with Crippen LogP contribution >= 0.6 is 0 Å². The van der Waals surface area contributed by atoms with Crippen LogP contribution in [0.4, 0.5) is 0 Å². The highest BCUT2D eigenvalue weighted by atomic mass is 16.2. The van der Waals surface area contributed by atoms with Crippen LogP contribution in [0.1, 0.15) is 6.42 Å². The zero-order valence-electron chi connectivity index (χ0n) is 8.91. The van der Waals surface area contributed by atoms with Crippen molar-refractivity contribution < 1.29 is 9.59 Å². The summed E-state index contributed by atoms with van der Waals surface area (Å²) in [4.78, 5) is 25.3. The molecule has 0 spiro atoms. The lowest BCUT2D eigenvalue weighted by Crippen LogP contribution is -2.37. The number of hydrogen-bond acceptors (Lipinski definition) is 4. The highest BCUT2D eigenvalue weighted by Gasteiger charge is 2.09. The Morgan fingerprint density at radius 3 is 2.29 bits per heavy atom. The van der Waals surface area contributed by atoms with Crippen LogP contribution < -0.4 is 11.3 Å². The first-order valence-corrected chi connectivity index (χ1v) is 4.35. The fraction of sp³-hybridized carbons (Fsp3) is 0.750. The summed E-state index contributed by atoms with van der Waals surface area (Å²) in [6.07, 6.45) is 0.299. The predicted molar refractivity (Wildman–Crippen MR) is 53.1 cm³/mol. The minimum Gasteiger partial charge on any atom is -0.348 e. The van der Waals surface area contributed by atoms with Gasteiger partial charge in [-0.3, -0.25) is 19.9 Å². The van der Waals surface area contributed by atoms with Gasteiger partial charge in [0.2, 0.25) is 11.8 Å². The Bertz CT molecular complexity index is 206. The Hall–Kier alpha value is -1.14. The molecule has 82 valence electrons. The van der Waals surface area contributed by atoms with Gasteiger partial charge < -0.3 is 4.90 Å². The maximum atomic E-state index is 11.2. The summed E-state index contributed by atoms with van der Waals surface area (Å²) in [6, 6.07) is 0. The van der Waals surface area contributed by atoms with Gasteiger partial charge in [-0.05, 0) is 7.05 Å². The van der Waals surface area contributed by atoms with Gasteiger partial charge in [0.25, 0.3) is 0 Å². The summed E-state index contributed by atoms with van der Waals surface area (Å²) in [5, 5.41) is 0. The summed E-state index contributed by atoms with van der Waals surface area (Å²) in [5.41, 5.74) is 2.04. The van der Waals surface area contributed by atoms with E-state index in [1.54, 1.807) is 26.0 Å². The van der Waals surface area contributed by atoms with Gasteiger partial charge in [-0.25, -0.2) is 5.84 Å². The van der Waals surface area contributed by atoms with Gasteiger partial charge in [0.15, 0.2) is 0 Å². The normalized spacial score (nSPS) is 10.1. The molecule has 0 unspecified atom stereocenters. The van der Waals surface area contributed by atoms with E-state index >= 15 is 0 Å². The molecule has 0 aromatic heterocycles. The van der Waals surface area contributed by atoms with Gasteiger partial charge in [-0.1, -0.05) is 0 Å². The molecule has 0 radical (unpaired) electrons. The third-order valence-corrected chi connectivity index (χ3v) is 1.79. The average molecular weight is 202 g/mol. The highest BCUT2D eigenvalue weighted by molar-refractivity contribution is 5.78. The molecule has 0 atom stereocenters. The molecule has 0 aliphatic rings. The van der Waals surface area contributed by atoms with Crippen LogP contribution in [0.2, 0.25) is 0 Å². The highest BCUT2D eigenvalue weighted by Crippen LogP contribution is 1.89. The number of hydrazine groups is 1. The quantitative estimate of drug-likeness (QED) is 0.319. The monoisotopic (exact) mass is 202 g/mol. The van der Waals surface area contributed by atoms with Crippen molar-refractivity contribution in [1.29, 1.82) is 0 Å². The van der Waals surface area contributed by atoms with Crippen LogP contribution in [0.25, 0.3) is 0 Å². The molecule has 0 rings (SSSR count). The lowest BCUT2D eigenvalue weighted by Gasteiger charge is -2.18. The number of hydrogen-bond donors (Lipinski definition) is 2. The molecular formula is C8H18N4O2. The van der Waals surface area contributed by atoms with E-state index < -0.39 is 0 Å². The fourth-order valence-corrected chi connectivity index (χ4v) is 0.816. The Morgan fingerprint density at radius 1 is 1.29 bits per heavy atom. The topological polar surface area (TPSA) is 78.7 Å². The van der Waals surface area contributed by atoms with Crippen molar-refractivity contribution in [2.75, 3.05) is 34.2 Å². The molecule has 2 amide bonds. The van der Waals surface area contributed by atoms with Crippen molar-refractivity contribution in [3.63, 3.8) is 0 Å². The summed E-state index contributed by atoms with van der Waals surface area (Å²) < 4.78 is 0.